The summed E-state index contributed by atoms with van der Waals surface area (Å²) >= 11 is 4.87. The molecule has 2 heterocycles. The molecule has 2 aromatic heterocycles. The molecule has 0 radical (unpaired) electrons. The van der Waals surface area contributed by atoms with Gasteiger partial charge in [0.25, 0.3) is 5.91 Å². The first-order chi connectivity index (χ1) is 11.6. The number of pyridine rings is 1. The van der Waals surface area contributed by atoms with Gasteiger partial charge in [-0.25, -0.2) is 9.97 Å². The van der Waals surface area contributed by atoms with Crippen LogP contribution in [-0.4, -0.2) is 23.0 Å². The van der Waals surface area contributed by atoms with Crippen molar-refractivity contribution in [2.24, 2.45) is 0 Å². The molecule has 3 aromatic rings. The fourth-order valence-corrected chi connectivity index (χ4v) is 3.23. The van der Waals surface area contributed by atoms with Gasteiger partial charge in [0.2, 0.25) is 5.88 Å². The quantitative estimate of drug-likeness (QED) is 0.694. The number of nitrogens with zero attached hydrogens (tertiary/aromatic N) is 2. The van der Waals surface area contributed by atoms with Gasteiger partial charge in [-0.1, -0.05) is 28.1 Å². The second-order valence-corrected chi connectivity index (χ2v) is 7.09. The summed E-state index contributed by atoms with van der Waals surface area (Å²) in [5.74, 6) is 0.218. The predicted molar refractivity (Wildman–Crippen MR) is 98.7 cm³/mol. The zero-order chi connectivity index (χ0) is 17.1. The number of carbonyl (C=O) groups excluding carboxylic acids is 1. The molecule has 0 saturated heterocycles. The van der Waals surface area contributed by atoms with E-state index in [9.17, 15) is 4.79 Å². The SMILES string of the molecule is COc1ccc(C(=O)Nc2nc(-c3ccc(Br)cc3)c(C)s2)cn1. The molecule has 7 heteroatoms. The third kappa shape index (κ3) is 3.63. The number of methoxy groups -OCH3 is 1. The minimum Gasteiger partial charge on any atom is -0.481 e. The molecule has 0 bridgehead atoms. The number of aromatic nitrogens is 2. The zero-order valence-corrected chi connectivity index (χ0v) is 15.4. The summed E-state index contributed by atoms with van der Waals surface area (Å²) in [6.07, 6.45) is 1.48. The number of hydrogen-bond donors (Lipinski definition) is 1. The van der Waals surface area contributed by atoms with Crippen molar-refractivity contribution in [3.8, 4) is 17.1 Å². The van der Waals surface area contributed by atoms with Gasteiger partial charge in [0.15, 0.2) is 5.13 Å². The Balaban J connectivity index is 1.79. The largest absolute Gasteiger partial charge is 0.481 e. The number of ether oxygens (including phenoxy) is 1. The molecule has 1 amide bonds. The highest BCUT2D eigenvalue weighted by molar-refractivity contribution is 9.10. The van der Waals surface area contributed by atoms with Crippen molar-refractivity contribution < 1.29 is 9.53 Å². The number of aryl methyl sites for hydroxylation is 1. The van der Waals surface area contributed by atoms with Crippen LogP contribution in [0.3, 0.4) is 0 Å². The van der Waals surface area contributed by atoms with Gasteiger partial charge in [0.1, 0.15) is 0 Å². The van der Waals surface area contributed by atoms with Crippen LogP contribution in [0.15, 0.2) is 47.1 Å². The van der Waals surface area contributed by atoms with Gasteiger partial charge in [-0.05, 0) is 25.1 Å². The van der Waals surface area contributed by atoms with Crippen LogP contribution in [0.5, 0.6) is 5.88 Å². The van der Waals surface area contributed by atoms with Crippen LogP contribution in [0, 0.1) is 6.92 Å². The lowest BCUT2D eigenvalue weighted by Gasteiger charge is -2.02. The van der Waals surface area contributed by atoms with Gasteiger partial charge in [-0.2, -0.15) is 0 Å². The van der Waals surface area contributed by atoms with E-state index >= 15 is 0 Å². The average molecular weight is 404 g/mol. The van der Waals surface area contributed by atoms with Gasteiger partial charge < -0.3 is 4.74 Å². The Morgan fingerprint density at radius 1 is 1.21 bits per heavy atom. The Morgan fingerprint density at radius 2 is 1.96 bits per heavy atom. The molecule has 0 unspecified atom stereocenters. The summed E-state index contributed by atoms with van der Waals surface area (Å²) < 4.78 is 6.00. The van der Waals surface area contributed by atoms with Crippen molar-refractivity contribution in [1.82, 2.24) is 9.97 Å². The summed E-state index contributed by atoms with van der Waals surface area (Å²) in [6, 6.07) is 11.2. The standard InChI is InChI=1S/C17H14BrN3O2S/c1-10-15(11-3-6-13(18)7-4-11)20-17(24-10)21-16(22)12-5-8-14(23-2)19-9-12/h3-9H,1-2H3,(H,20,21,22). The first-order valence-electron chi connectivity index (χ1n) is 7.11. The summed E-state index contributed by atoms with van der Waals surface area (Å²) in [5.41, 5.74) is 2.34. The van der Waals surface area contributed by atoms with E-state index in [0.717, 1.165) is 20.6 Å². The molecule has 0 aliphatic rings. The minimum absolute atomic E-state index is 0.249. The van der Waals surface area contributed by atoms with Gasteiger partial charge in [-0.3, -0.25) is 10.1 Å². The topological polar surface area (TPSA) is 64.1 Å². The lowest BCUT2D eigenvalue weighted by molar-refractivity contribution is 0.102. The van der Waals surface area contributed by atoms with E-state index in [1.165, 1.54) is 24.6 Å². The summed E-state index contributed by atoms with van der Waals surface area (Å²) in [4.78, 5) is 21.9. The van der Waals surface area contributed by atoms with Crippen molar-refractivity contribution >= 4 is 38.3 Å². The highest BCUT2D eigenvalue weighted by Gasteiger charge is 2.13. The van der Waals surface area contributed by atoms with Gasteiger partial charge in [-0.15, -0.1) is 11.3 Å². The van der Waals surface area contributed by atoms with E-state index in [1.54, 1.807) is 12.1 Å². The van der Waals surface area contributed by atoms with Crippen LogP contribution in [0.25, 0.3) is 11.3 Å². The maximum atomic E-state index is 12.3. The summed E-state index contributed by atoms with van der Waals surface area (Å²) in [5, 5.41) is 3.38. The molecule has 3 rings (SSSR count). The van der Waals surface area contributed by atoms with E-state index in [-0.39, 0.29) is 5.91 Å². The Hall–Kier alpha value is -2.25. The third-order valence-corrected chi connectivity index (χ3v) is 4.76. The average Bonchev–Trinajstić information content (AvgIpc) is 2.96. The first kappa shape index (κ1) is 16.6. The number of thiazole rings is 1. The molecule has 5 nitrogen and oxygen atoms in total. The Morgan fingerprint density at radius 3 is 2.58 bits per heavy atom. The molecule has 122 valence electrons. The lowest BCUT2D eigenvalue weighted by Crippen LogP contribution is -2.12. The lowest BCUT2D eigenvalue weighted by atomic mass is 10.1. The van der Waals surface area contributed by atoms with Crippen LogP contribution in [0.2, 0.25) is 0 Å². The molecule has 0 aliphatic carbocycles. The fourth-order valence-electron chi connectivity index (χ4n) is 2.13. The van der Waals surface area contributed by atoms with E-state index in [2.05, 4.69) is 31.2 Å². The normalized spacial score (nSPS) is 10.5. The van der Waals surface area contributed by atoms with E-state index < -0.39 is 0 Å². The number of hydrogen-bond acceptors (Lipinski definition) is 5. The van der Waals surface area contributed by atoms with Crippen molar-refractivity contribution in [1.29, 1.82) is 0 Å². The maximum Gasteiger partial charge on any atom is 0.259 e. The second-order valence-electron chi connectivity index (χ2n) is 4.97. The second kappa shape index (κ2) is 7.11. The number of carbonyl (C=O) groups is 1. The number of rotatable bonds is 4. The van der Waals surface area contributed by atoms with Crippen LogP contribution in [-0.2, 0) is 0 Å². The van der Waals surface area contributed by atoms with Crippen LogP contribution < -0.4 is 10.1 Å². The maximum absolute atomic E-state index is 12.3. The Labute approximate surface area is 151 Å². The van der Waals surface area contributed by atoms with E-state index in [4.69, 9.17) is 4.74 Å². The molecular weight excluding hydrogens is 390 g/mol. The Bertz CT molecular complexity index is 861. The van der Waals surface area contributed by atoms with Crippen LogP contribution in [0.1, 0.15) is 15.2 Å². The smallest absolute Gasteiger partial charge is 0.259 e. The molecule has 0 spiro atoms. The van der Waals surface area contributed by atoms with Gasteiger partial charge in [0.05, 0.1) is 18.4 Å². The highest BCUT2D eigenvalue weighted by atomic mass is 79.9. The monoisotopic (exact) mass is 403 g/mol. The van der Waals surface area contributed by atoms with Crippen molar-refractivity contribution in [2.45, 2.75) is 6.92 Å². The summed E-state index contributed by atoms with van der Waals surface area (Å²) in [7, 11) is 1.53. The van der Waals surface area contributed by atoms with Crippen LogP contribution in [0.4, 0.5) is 5.13 Å². The molecule has 0 atom stereocenters. The number of halogens is 1. The molecule has 1 N–H and O–H groups in total. The fraction of sp³-hybridized carbons (Fsp3) is 0.118. The third-order valence-electron chi connectivity index (χ3n) is 3.34. The van der Waals surface area contributed by atoms with E-state index in [0.29, 0.717) is 16.6 Å². The first-order valence-corrected chi connectivity index (χ1v) is 8.72. The number of nitrogens with one attached hydrogen (secondary N) is 1. The summed E-state index contributed by atoms with van der Waals surface area (Å²) in [6.45, 7) is 1.99. The van der Waals surface area contributed by atoms with Crippen LogP contribution >= 0.6 is 27.3 Å². The molecular formula is C17H14BrN3O2S. The number of benzene rings is 1. The van der Waals surface area contributed by atoms with Gasteiger partial charge >= 0.3 is 0 Å². The Kier molecular flexibility index (Phi) is 4.92. The zero-order valence-electron chi connectivity index (χ0n) is 13.0. The molecule has 0 saturated carbocycles. The molecule has 0 aliphatic heterocycles. The molecule has 0 fully saturated rings. The molecule has 24 heavy (non-hydrogen) atoms. The van der Waals surface area contributed by atoms with E-state index in [1.807, 2.05) is 31.2 Å². The van der Waals surface area contributed by atoms with Crippen molar-refractivity contribution in [3.05, 3.63) is 57.5 Å². The number of amides is 1. The highest BCUT2D eigenvalue weighted by Crippen LogP contribution is 2.31. The number of anilines is 1. The van der Waals surface area contributed by atoms with Crippen molar-refractivity contribution in [2.75, 3.05) is 12.4 Å². The minimum atomic E-state index is -0.249. The van der Waals surface area contributed by atoms with Gasteiger partial charge in [0, 0.05) is 27.2 Å². The molecule has 1 aromatic carbocycles. The predicted octanol–water partition coefficient (Wildman–Crippen LogP) is 4.54. The van der Waals surface area contributed by atoms with Crippen molar-refractivity contribution in [3.63, 3.8) is 0 Å².